The molecule has 1 saturated carbocycles. The number of carbonyl (C=O) groups excluding carboxylic acids is 1. The Morgan fingerprint density at radius 3 is 2.53 bits per heavy atom. The Morgan fingerprint density at radius 2 is 2.11 bits per heavy atom. The predicted molar refractivity (Wildman–Crippen MR) is 61.6 cm³/mol. The molecule has 0 aromatic rings. The summed E-state index contributed by atoms with van der Waals surface area (Å²) in [5, 5.41) is 15.8. The van der Waals surface area contributed by atoms with Crippen LogP contribution in [-0.2, 0) is 4.79 Å². The predicted octanol–water partition coefficient (Wildman–Crippen LogP) is 0.168. The maximum atomic E-state index is 12.6. The summed E-state index contributed by atoms with van der Waals surface area (Å²) in [6.07, 6.45) is -2.85. The van der Waals surface area contributed by atoms with Gasteiger partial charge in [0, 0.05) is 12.6 Å². The van der Waals surface area contributed by atoms with Gasteiger partial charge in [-0.3, -0.25) is 4.79 Å². The molecule has 2 atom stereocenters. The first kappa shape index (κ1) is 15.5. The van der Waals surface area contributed by atoms with Gasteiger partial charge >= 0.3 is 6.18 Å². The van der Waals surface area contributed by atoms with Crippen LogP contribution in [0.25, 0.3) is 0 Å². The Hall–Kier alpha value is -1.51. The molecule has 1 rings (SSSR count). The summed E-state index contributed by atoms with van der Waals surface area (Å²) >= 11 is 0. The highest BCUT2D eigenvalue weighted by Gasteiger charge is 2.43. The minimum atomic E-state index is -4.64. The second-order valence-electron chi connectivity index (χ2n) is 4.53. The van der Waals surface area contributed by atoms with Crippen LogP contribution in [0.3, 0.4) is 0 Å². The van der Waals surface area contributed by atoms with Crippen molar-refractivity contribution in [3.63, 3.8) is 0 Å². The van der Waals surface area contributed by atoms with Crippen LogP contribution in [0.1, 0.15) is 19.8 Å². The van der Waals surface area contributed by atoms with Gasteiger partial charge in [0.25, 0.3) is 0 Å². The molecule has 0 bridgehead atoms. The third kappa shape index (κ3) is 4.93. The van der Waals surface area contributed by atoms with Gasteiger partial charge in [0.15, 0.2) is 5.84 Å². The second-order valence-corrected chi connectivity index (χ2v) is 4.53. The average molecular weight is 282 g/mol. The van der Waals surface area contributed by atoms with Crippen molar-refractivity contribution in [3.05, 3.63) is 0 Å². The van der Waals surface area contributed by atoms with E-state index < -0.39 is 30.5 Å². The van der Waals surface area contributed by atoms with Crippen molar-refractivity contribution in [2.45, 2.75) is 38.0 Å². The van der Waals surface area contributed by atoms with Gasteiger partial charge in [0.2, 0.25) is 5.91 Å². The third-order valence-electron chi connectivity index (χ3n) is 2.81. The number of halogens is 3. The topological polar surface area (TPSA) is 99.7 Å². The molecule has 0 saturated heterocycles. The molecule has 1 amide bonds. The molecule has 0 aromatic carbocycles. The summed E-state index contributed by atoms with van der Waals surface area (Å²) < 4.78 is 37.8. The molecule has 1 fully saturated rings. The molecule has 2 unspecified atom stereocenters. The van der Waals surface area contributed by atoms with E-state index in [9.17, 15) is 18.0 Å². The molecule has 9 heteroatoms. The molecular formula is C10H17F3N4O2. The van der Waals surface area contributed by atoms with Crippen molar-refractivity contribution >= 4 is 11.7 Å². The van der Waals surface area contributed by atoms with Crippen LogP contribution in [0.15, 0.2) is 5.16 Å². The van der Waals surface area contributed by atoms with Crippen molar-refractivity contribution in [2.24, 2.45) is 16.8 Å². The number of hydrogen-bond donors (Lipinski definition) is 4. The fraction of sp³-hybridized carbons (Fsp3) is 0.800. The highest BCUT2D eigenvalue weighted by atomic mass is 19.4. The Bertz CT molecular complexity index is 355. The van der Waals surface area contributed by atoms with Gasteiger partial charge in [-0.05, 0) is 19.8 Å². The van der Waals surface area contributed by atoms with Crippen LogP contribution >= 0.6 is 0 Å². The molecule has 0 aliphatic heterocycles. The standard InChI is InChI=1S/C10H17F3N4O2/c1-5(9(18)16-6-2-3-6)15-4-7(8(14)17-19)10(11,12)13/h5-7,15,19H,2-4H2,1H3,(H2,14,17)(H,16,18). The van der Waals surface area contributed by atoms with E-state index in [-0.39, 0.29) is 11.9 Å². The lowest BCUT2D eigenvalue weighted by molar-refractivity contribution is -0.155. The van der Waals surface area contributed by atoms with Crippen LogP contribution in [0.4, 0.5) is 13.2 Å². The molecule has 0 radical (unpaired) electrons. The van der Waals surface area contributed by atoms with Crippen LogP contribution < -0.4 is 16.4 Å². The SMILES string of the molecule is CC(NCC(C(N)=NO)C(F)(F)F)C(=O)NC1CC1. The zero-order valence-electron chi connectivity index (χ0n) is 10.4. The number of carbonyl (C=O) groups is 1. The van der Waals surface area contributed by atoms with Crippen molar-refractivity contribution in [3.8, 4) is 0 Å². The largest absolute Gasteiger partial charge is 0.409 e. The number of rotatable bonds is 6. The van der Waals surface area contributed by atoms with E-state index in [4.69, 9.17) is 10.9 Å². The number of amides is 1. The minimum Gasteiger partial charge on any atom is -0.409 e. The minimum absolute atomic E-state index is 0.138. The first-order valence-corrected chi connectivity index (χ1v) is 5.83. The Balaban J connectivity index is 2.48. The highest BCUT2D eigenvalue weighted by Crippen LogP contribution is 2.26. The summed E-state index contributed by atoms with van der Waals surface area (Å²) in [4.78, 5) is 11.5. The Kier molecular flexibility index (Phi) is 4.98. The zero-order valence-corrected chi connectivity index (χ0v) is 10.4. The smallest absolute Gasteiger partial charge is 0.400 e. The quantitative estimate of drug-likeness (QED) is 0.241. The number of amidine groups is 1. The molecule has 110 valence electrons. The summed E-state index contributed by atoms with van der Waals surface area (Å²) in [5.74, 6) is -3.42. The zero-order chi connectivity index (χ0) is 14.6. The third-order valence-corrected chi connectivity index (χ3v) is 2.81. The number of nitrogens with two attached hydrogens (primary N) is 1. The molecule has 0 heterocycles. The number of oxime groups is 1. The maximum absolute atomic E-state index is 12.6. The van der Waals surface area contributed by atoms with Gasteiger partial charge in [0.05, 0.1) is 6.04 Å². The molecule has 5 N–H and O–H groups in total. The Morgan fingerprint density at radius 1 is 1.53 bits per heavy atom. The fourth-order valence-electron chi connectivity index (χ4n) is 1.40. The lowest BCUT2D eigenvalue weighted by Crippen LogP contribution is -2.49. The van der Waals surface area contributed by atoms with Gasteiger partial charge in [-0.2, -0.15) is 13.2 Å². The second kappa shape index (κ2) is 6.09. The lowest BCUT2D eigenvalue weighted by Gasteiger charge is -2.21. The van der Waals surface area contributed by atoms with Crippen molar-refractivity contribution in [1.29, 1.82) is 0 Å². The van der Waals surface area contributed by atoms with Gasteiger partial charge in [-0.15, -0.1) is 0 Å². The summed E-state index contributed by atoms with van der Waals surface area (Å²) in [6, 6.07) is -0.642. The summed E-state index contributed by atoms with van der Waals surface area (Å²) in [7, 11) is 0. The van der Waals surface area contributed by atoms with Crippen molar-refractivity contribution < 1.29 is 23.2 Å². The van der Waals surface area contributed by atoms with Gasteiger partial charge in [-0.25, -0.2) is 0 Å². The van der Waals surface area contributed by atoms with E-state index in [2.05, 4.69) is 15.8 Å². The molecule has 1 aliphatic carbocycles. The first-order valence-electron chi connectivity index (χ1n) is 5.83. The monoisotopic (exact) mass is 282 g/mol. The molecular weight excluding hydrogens is 265 g/mol. The van der Waals surface area contributed by atoms with Crippen LogP contribution in [-0.4, -0.2) is 41.8 Å². The van der Waals surface area contributed by atoms with E-state index in [1.54, 1.807) is 0 Å². The van der Waals surface area contributed by atoms with E-state index in [0.29, 0.717) is 0 Å². The molecule has 0 aromatic heterocycles. The fourth-order valence-corrected chi connectivity index (χ4v) is 1.40. The normalized spacial score (nSPS) is 19.9. The molecule has 6 nitrogen and oxygen atoms in total. The number of hydrogen-bond acceptors (Lipinski definition) is 4. The van der Waals surface area contributed by atoms with Gasteiger partial charge in [-0.1, -0.05) is 5.16 Å². The van der Waals surface area contributed by atoms with E-state index in [0.717, 1.165) is 12.8 Å². The number of nitrogens with zero attached hydrogens (tertiary/aromatic N) is 1. The van der Waals surface area contributed by atoms with Gasteiger partial charge < -0.3 is 21.6 Å². The molecule has 1 aliphatic rings. The van der Waals surface area contributed by atoms with E-state index in [1.165, 1.54) is 6.92 Å². The van der Waals surface area contributed by atoms with Crippen LogP contribution in [0.2, 0.25) is 0 Å². The molecule has 0 spiro atoms. The van der Waals surface area contributed by atoms with Crippen molar-refractivity contribution in [1.82, 2.24) is 10.6 Å². The number of alkyl halides is 3. The summed E-state index contributed by atoms with van der Waals surface area (Å²) in [5.41, 5.74) is 5.00. The maximum Gasteiger partial charge on any atom is 0.400 e. The van der Waals surface area contributed by atoms with Crippen molar-refractivity contribution in [2.75, 3.05) is 6.54 Å². The first-order chi connectivity index (χ1) is 8.75. The Labute approximate surface area is 108 Å². The lowest BCUT2D eigenvalue weighted by atomic mass is 10.1. The van der Waals surface area contributed by atoms with E-state index in [1.807, 2.05) is 0 Å². The summed E-state index contributed by atoms with van der Waals surface area (Å²) in [6.45, 7) is 0.829. The molecule has 19 heavy (non-hydrogen) atoms. The highest BCUT2D eigenvalue weighted by molar-refractivity contribution is 5.84. The van der Waals surface area contributed by atoms with Gasteiger partial charge in [0.1, 0.15) is 5.92 Å². The van der Waals surface area contributed by atoms with E-state index >= 15 is 0 Å². The average Bonchev–Trinajstić information content (AvgIpc) is 3.10. The van der Waals surface area contributed by atoms with Crippen LogP contribution in [0, 0.1) is 5.92 Å². The number of nitrogens with one attached hydrogen (secondary N) is 2. The van der Waals surface area contributed by atoms with Crippen LogP contribution in [0.5, 0.6) is 0 Å².